The average Bonchev–Trinajstić information content (AvgIpc) is 3.05. The SMILES string of the molecule is CC(C)(C)OC(=O)[C@H]1C[C@@H]1c1nccc(C(F)(F)F)n1. The molecule has 1 heterocycles. The van der Waals surface area contributed by atoms with Crippen LogP contribution in [0.5, 0.6) is 0 Å². The van der Waals surface area contributed by atoms with Crippen molar-refractivity contribution >= 4 is 5.97 Å². The van der Waals surface area contributed by atoms with Crippen molar-refractivity contribution in [2.45, 2.75) is 44.9 Å². The van der Waals surface area contributed by atoms with Crippen LogP contribution >= 0.6 is 0 Å². The molecule has 1 aliphatic carbocycles. The number of hydrogen-bond donors (Lipinski definition) is 0. The highest BCUT2D eigenvalue weighted by atomic mass is 19.4. The van der Waals surface area contributed by atoms with Crippen LogP contribution in [0.3, 0.4) is 0 Å². The van der Waals surface area contributed by atoms with E-state index in [0.717, 1.165) is 12.3 Å². The summed E-state index contributed by atoms with van der Waals surface area (Å²) < 4.78 is 42.8. The number of alkyl halides is 3. The fourth-order valence-corrected chi connectivity index (χ4v) is 1.83. The third-order valence-corrected chi connectivity index (χ3v) is 2.80. The molecule has 1 aliphatic rings. The number of aromatic nitrogens is 2. The molecule has 0 aliphatic heterocycles. The average molecular weight is 288 g/mol. The topological polar surface area (TPSA) is 52.1 Å². The zero-order valence-electron chi connectivity index (χ0n) is 11.4. The quantitative estimate of drug-likeness (QED) is 0.785. The molecule has 0 bridgehead atoms. The fourth-order valence-electron chi connectivity index (χ4n) is 1.83. The van der Waals surface area contributed by atoms with Crippen molar-refractivity contribution in [2.24, 2.45) is 5.92 Å². The van der Waals surface area contributed by atoms with Gasteiger partial charge in [-0.3, -0.25) is 4.79 Å². The van der Waals surface area contributed by atoms with Crippen LogP contribution in [-0.4, -0.2) is 21.5 Å². The Hall–Kier alpha value is -1.66. The van der Waals surface area contributed by atoms with Gasteiger partial charge in [0.1, 0.15) is 17.1 Å². The van der Waals surface area contributed by atoms with E-state index in [1.165, 1.54) is 0 Å². The summed E-state index contributed by atoms with van der Waals surface area (Å²) in [6, 6.07) is 0.814. The van der Waals surface area contributed by atoms with Crippen molar-refractivity contribution in [3.05, 3.63) is 23.8 Å². The Morgan fingerprint density at radius 2 is 2.00 bits per heavy atom. The first-order chi connectivity index (χ1) is 9.08. The first-order valence-corrected chi connectivity index (χ1v) is 6.21. The summed E-state index contributed by atoms with van der Waals surface area (Å²) in [5, 5.41) is 0. The van der Waals surface area contributed by atoms with Crippen molar-refractivity contribution in [3.63, 3.8) is 0 Å². The molecular weight excluding hydrogens is 273 g/mol. The number of esters is 1. The summed E-state index contributed by atoms with van der Waals surface area (Å²) in [4.78, 5) is 19.1. The second-order valence-corrected chi connectivity index (χ2v) is 5.78. The molecule has 0 radical (unpaired) electrons. The van der Waals surface area contributed by atoms with Gasteiger partial charge in [-0.25, -0.2) is 9.97 Å². The Morgan fingerprint density at radius 3 is 2.55 bits per heavy atom. The third kappa shape index (κ3) is 3.46. The van der Waals surface area contributed by atoms with Gasteiger partial charge in [-0.05, 0) is 33.3 Å². The maximum absolute atomic E-state index is 12.5. The lowest BCUT2D eigenvalue weighted by Gasteiger charge is -2.19. The van der Waals surface area contributed by atoms with Crippen LogP contribution in [0.15, 0.2) is 12.3 Å². The van der Waals surface area contributed by atoms with Gasteiger partial charge in [0.05, 0.1) is 5.92 Å². The second kappa shape index (κ2) is 4.71. The van der Waals surface area contributed by atoms with Gasteiger partial charge in [-0.2, -0.15) is 13.2 Å². The molecule has 0 N–H and O–H groups in total. The number of ether oxygens (including phenoxy) is 1. The monoisotopic (exact) mass is 288 g/mol. The van der Waals surface area contributed by atoms with Crippen LogP contribution in [-0.2, 0) is 15.7 Å². The lowest BCUT2D eigenvalue weighted by Crippen LogP contribution is -2.25. The van der Waals surface area contributed by atoms with Crippen molar-refractivity contribution < 1.29 is 22.7 Å². The molecule has 1 aromatic rings. The van der Waals surface area contributed by atoms with E-state index in [2.05, 4.69) is 9.97 Å². The molecule has 7 heteroatoms. The second-order valence-electron chi connectivity index (χ2n) is 5.78. The predicted octanol–water partition coefficient (Wildman–Crippen LogP) is 2.94. The maximum Gasteiger partial charge on any atom is 0.433 e. The van der Waals surface area contributed by atoms with E-state index in [0.29, 0.717) is 6.42 Å². The minimum atomic E-state index is -4.51. The highest BCUT2D eigenvalue weighted by molar-refractivity contribution is 5.77. The van der Waals surface area contributed by atoms with Gasteiger partial charge in [-0.15, -0.1) is 0 Å². The first kappa shape index (κ1) is 14.7. The maximum atomic E-state index is 12.5. The van der Waals surface area contributed by atoms with Gasteiger partial charge >= 0.3 is 12.1 Å². The number of hydrogen-bond acceptors (Lipinski definition) is 4. The summed E-state index contributed by atoms with van der Waals surface area (Å²) in [6.45, 7) is 5.22. The Morgan fingerprint density at radius 1 is 1.35 bits per heavy atom. The van der Waals surface area contributed by atoms with Gasteiger partial charge in [0.15, 0.2) is 0 Å². The number of halogens is 3. The molecule has 0 spiro atoms. The van der Waals surface area contributed by atoms with Gasteiger partial charge < -0.3 is 4.74 Å². The normalized spacial score (nSPS) is 22.5. The van der Waals surface area contributed by atoms with Crippen LogP contribution in [0.25, 0.3) is 0 Å². The summed E-state index contributed by atoms with van der Waals surface area (Å²) in [5.41, 5.74) is -1.60. The van der Waals surface area contributed by atoms with E-state index >= 15 is 0 Å². The highest BCUT2D eigenvalue weighted by Gasteiger charge is 2.48. The van der Waals surface area contributed by atoms with E-state index < -0.39 is 29.4 Å². The summed E-state index contributed by atoms with van der Waals surface area (Å²) in [6.07, 6.45) is -3.01. The summed E-state index contributed by atoms with van der Waals surface area (Å²) in [7, 11) is 0. The van der Waals surface area contributed by atoms with E-state index in [1.54, 1.807) is 20.8 Å². The van der Waals surface area contributed by atoms with Crippen molar-refractivity contribution in [2.75, 3.05) is 0 Å². The lowest BCUT2D eigenvalue weighted by atomic mass is 10.2. The minimum absolute atomic E-state index is 0.0516. The fraction of sp³-hybridized carbons (Fsp3) is 0.615. The van der Waals surface area contributed by atoms with Crippen LogP contribution in [0.1, 0.15) is 44.6 Å². The molecule has 0 unspecified atom stereocenters. The standard InChI is InChI=1S/C13H15F3N2O2/c1-12(2,3)20-11(19)8-6-7(8)10-17-5-4-9(18-10)13(14,15)16/h4-5,7-8H,6H2,1-3H3/t7-,8-/m0/s1. The number of rotatable bonds is 2. The molecule has 1 saturated carbocycles. The zero-order valence-corrected chi connectivity index (χ0v) is 11.4. The number of carbonyl (C=O) groups is 1. The summed E-state index contributed by atoms with van der Waals surface area (Å²) in [5.74, 6) is -1.19. The Balaban J connectivity index is 2.07. The van der Waals surface area contributed by atoms with Gasteiger partial charge in [0.25, 0.3) is 0 Å². The van der Waals surface area contributed by atoms with Gasteiger partial charge in [-0.1, -0.05) is 0 Å². The van der Waals surface area contributed by atoms with Crippen molar-refractivity contribution in [1.82, 2.24) is 9.97 Å². The number of carbonyl (C=O) groups excluding carboxylic acids is 1. The smallest absolute Gasteiger partial charge is 0.433 e. The molecule has 1 aromatic heterocycles. The first-order valence-electron chi connectivity index (χ1n) is 6.21. The third-order valence-electron chi connectivity index (χ3n) is 2.80. The molecule has 110 valence electrons. The molecule has 0 aromatic carbocycles. The Bertz CT molecular complexity index is 523. The molecule has 1 fully saturated rings. The molecule has 0 amide bonds. The molecule has 0 saturated heterocycles. The molecule has 4 nitrogen and oxygen atoms in total. The van der Waals surface area contributed by atoms with E-state index in [1.807, 2.05) is 0 Å². The Kier molecular flexibility index (Phi) is 3.47. The zero-order chi connectivity index (χ0) is 15.1. The van der Waals surface area contributed by atoms with Crippen molar-refractivity contribution in [1.29, 1.82) is 0 Å². The molecular formula is C13H15F3N2O2. The predicted molar refractivity (Wildman–Crippen MR) is 63.7 cm³/mol. The molecule has 20 heavy (non-hydrogen) atoms. The molecule has 2 rings (SSSR count). The van der Waals surface area contributed by atoms with E-state index in [4.69, 9.17) is 4.74 Å². The largest absolute Gasteiger partial charge is 0.460 e. The minimum Gasteiger partial charge on any atom is -0.460 e. The van der Waals surface area contributed by atoms with Gasteiger partial charge in [0, 0.05) is 12.1 Å². The van der Waals surface area contributed by atoms with Crippen LogP contribution in [0, 0.1) is 5.92 Å². The molecule has 2 atom stereocenters. The number of nitrogens with zero attached hydrogens (tertiary/aromatic N) is 2. The van der Waals surface area contributed by atoms with E-state index in [-0.39, 0.29) is 11.7 Å². The van der Waals surface area contributed by atoms with Crippen LogP contribution < -0.4 is 0 Å². The summed E-state index contributed by atoms with van der Waals surface area (Å²) >= 11 is 0. The highest BCUT2D eigenvalue weighted by Crippen LogP contribution is 2.47. The van der Waals surface area contributed by atoms with Gasteiger partial charge in [0.2, 0.25) is 0 Å². The Labute approximate surface area is 114 Å². The van der Waals surface area contributed by atoms with E-state index in [9.17, 15) is 18.0 Å². The van der Waals surface area contributed by atoms with Crippen LogP contribution in [0.2, 0.25) is 0 Å². The lowest BCUT2D eigenvalue weighted by molar-refractivity contribution is -0.156. The van der Waals surface area contributed by atoms with Crippen LogP contribution in [0.4, 0.5) is 13.2 Å². The van der Waals surface area contributed by atoms with Crippen molar-refractivity contribution in [3.8, 4) is 0 Å².